The molecule has 1 aliphatic carbocycles. The first-order valence-corrected chi connectivity index (χ1v) is 13.7. The average Bonchev–Trinajstić information content (AvgIpc) is 3.43. The molecule has 1 atom stereocenters. The number of methoxy groups -OCH3 is 1. The van der Waals surface area contributed by atoms with Gasteiger partial charge in [-0.15, -0.1) is 28.1 Å². The molecule has 0 saturated carbocycles. The van der Waals surface area contributed by atoms with Crippen molar-refractivity contribution in [1.29, 1.82) is 0 Å². The lowest BCUT2D eigenvalue weighted by atomic mass is 9.88. The minimum Gasteiger partial charge on any atom is -0.497 e. The number of fused-ring (bicyclic) bond motifs is 1. The highest BCUT2D eigenvalue weighted by Crippen LogP contribution is 2.40. The van der Waals surface area contributed by atoms with Gasteiger partial charge in [0.2, 0.25) is 5.91 Å². The number of esters is 1. The average molecular weight is 527 g/mol. The SMILES string of the molecule is C=CCn1c(SCC(=O)Nc2sc3c(c2C(=O)OCC)CCC(C)C3)nnc1-c1cccc(OC)c1. The predicted octanol–water partition coefficient (Wildman–Crippen LogP) is 5.23. The van der Waals surface area contributed by atoms with Gasteiger partial charge in [-0.1, -0.05) is 36.9 Å². The van der Waals surface area contributed by atoms with E-state index in [0.29, 0.717) is 34.0 Å². The summed E-state index contributed by atoms with van der Waals surface area (Å²) in [6.07, 6.45) is 4.52. The number of allylic oxidation sites excluding steroid dienone is 1. The van der Waals surface area contributed by atoms with E-state index in [9.17, 15) is 9.59 Å². The van der Waals surface area contributed by atoms with E-state index >= 15 is 0 Å². The van der Waals surface area contributed by atoms with Crippen molar-refractivity contribution in [3.8, 4) is 17.1 Å². The second-order valence-electron chi connectivity index (χ2n) is 8.55. The summed E-state index contributed by atoms with van der Waals surface area (Å²) in [5.74, 6) is 1.48. The van der Waals surface area contributed by atoms with Gasteiger partial charge < -0.3 is 14.8 Å². The van der Waals surface area contributed by atoms with Gasteiger partial charge in [-0.05, 0) is 49.8 Å². The fourth-order valence-electron chi connectivity index (χ4n) is 4.22. The second-order valence-corrected chi connectivity index (χ2v) is 10.6. The molecule has 0 fully saturated rings. The van der Waals surface area contributed by atoms with Crippen LogP contribution in [0.25, 0.3) is 11.4 Å². The van der Waals surface area contributed by atoms with Gasteiger partial charge >= 0.3 is 5.97 Å². The number of carbonyl (C=O) groups is 2. The molecule has 2 aromatic heterocycles. The van der Waals surface area contributed by atoms with E-state index in [4.69, 9.17) is 9.47 Å². The van der Waals surface area contributed by atoms with Crippen molar-refractivity contribution < 1.29 is 19.1 Å². The lowest BCUT2D eigenvalue weighted by Gasteiger charge is -2.18. The maximum Gasteiger partial charge on any atom is 0.341 e. The van der Waals surface area contributed by atoms with Crippen LogP contribution in [0.2, 0.25) is 0 Å². The number of hydrogen-bond donors (Lipinski definition) is 1. The topological polar surface area (TPSA) is 95.3 Å². The number of carbonyl (C=O) groups excluding carboxylic acids is 2. The first kappa shape index (κ1) is 26.0. The lowest BCUT2D eigenvalue weighted by Crippen LogP contribution is -2.18. The molecule has 0 saturated heterocycles. The van der Waals surface area contributed by atoms with Gasteiger partial charge in [0.05, 0.1) is 25.0 Å². The number of hydrogen-bond acceptors (Lipinski definition) is 8. The Labute approximate surface area is 219 Å². The predicted molar refractivity (Wildman–Crippen MR) is 143 cm³/mol. The Bertz CT molecular complexity index is 1270. The summed E-state index contributed by atoms with van der Waals surface area (Å²) in [5.41, 5.74) is 2.39. The van der Waals surface area contributed by atoms with Crippen molar-refractivity contribution in [2.45, 2.75) is 44.8 Å². The highest BCUT2D eigenvalue weighted by molar-refractivity contribution is 7.99. The Kier molecular flexibility index (Phi) is 8.48. The Morgan fingerprint density at radius 1 is 1.36 bits per heavy atom. The van der Waals surface area contributed by atoms with Crippen LogP contribution in [0, 0.1) is 5.92 Å². The summed E-state index contributed by atoms with van der Waals surface area (Å²) in [6, 6.07) is 7.58. The molecule has 0 spiro atoms. The molecule has 1 unspecified atom stereocenters. The van der Waals surface area contributed by atoms with Gasteiger partial charge in [-0.3, -0.25) is 9.36 Å². The van der Waals surface area contributed by atoms with Crippen LogP contribution in [0.15, 0.2) is 42.1 Å². The number of benzene rings is 1. The molecule has 1 amide bonds. The third kappa shape index (κ3) is 5.65. The summed E-state index contributed by atoms with van der Waals surface area (Å²) in [7, 11) is 1.62. The summed E-state index contributed by atoms with van der Waals surface area (Å²) >= 11 is 2.77. The number of thiophene rings is 1. The molecular formula is C26H30N4O4S2. The summed E-state index contributed by atoms with van der Waals surface area (Å²) in [5, 5.41) is 12.8. The number of thioether (sulfide) groups is 1. The molecule has 3 aromatic rings. The zero-order chi connectivity index (χ0) is 25.7. The minimum absolute atomic E-state index is 0.120. The van der Waals surface area contributed by atoms with Crippen molar-refractivity contribution in [3.63, 3.8) is 0 Å². The Morgan fingerprint density at radius 3 is 2.94 bits per heavy atom. The first-order valence-electron chi connectivity index (χ1n) is 11.9. The van der Waals surface area contributed by atoms with Crippen LogP contribution < -0.4 is 10.1 Å². The van der Waals surface area contributed by atoms with Crippen LogP contribution in [-0.4, -0.2) is 46.1 Å². The Hall–Kier alpha value is -3.11. The molecule has 0 aliphatic heterocycles. The van der Waals surface area contributed by atoms with Gasteiger partial charge in [0, 0.05) is 17.0 Å². The highest BCUT2D eigenvalue weighted by atomic mass is 32.2. The van der Waals surface area contributed by atoms with E-state index in [2.05, 4.69) is 29.0 Å². The molecule has 2 heterocycles. The molecular weight excluding hydrogens is 496 g/mol. The number of aromatic nitrogens is 3. The summed E-state index contributed by atoms with van der Waals surface area (Å²) in [4.78, 5) is 26.8. The van der Waals surface area contributed by atoms with Crippen LogP contribution in [0.5, 0.6) is 5.75 Å². The number of anilines is 1. The normalized spacial score (nSPS) is 14.7. The maximum atomic E-state index is 13.0. The molecule has 190 valence electrons. The molecule has 1 aliphatic rings. The third-order valence-electron chi connectivity index (χ3n) is 5.93. The maximum absolute atomic E-state index is 13.0. The molecule has 10 heteroatoms. The van der Waals surface area contributed by atoms with E-state index in [1.54, 1.807) is 20.1 Å². The van der Waals surface area contributed by atoms with Crippen molar-refractivity contribution in [2.75, 3.05) is 24.8 Å². The van der Waals surface area contributed by atoms with Crippen molar-refractivity contribution in [3.05, 3.63) is 52.9 Å². The molecule has 1 aromatic carbocycles. The van der Waals surface area contributed by atoms with Gasteiger partial charge in [-0.25, -0.2) is 4.79 Å². The number of nitrogens with zero attached hydrogens (tertiary/aromatic N) is 3. The largest absolute Gasteiger partial charge is 0.497 e. The van der Waals surface area contributed by atoms with Gasteiger partial charge in [0.1, 0.15) is 10.8 Å². The Morgan fingerprint density at radius 2 is 2.19 bits per heavy atom. The van der Waals surface area contributed by atoms with Crippen LogP contribution in [0.3, 0.4) is 0 Å². The highest BCUT2D eigenvalue weighted by Gasteiger charge is 2.29. The number of ether oxygens (including phenoxy) is 2. The van der Waals surface area contributed by atoms with E-state index in [1.807, 2.05) is 28.8 Å². The van der Waals surface area contributed by atoms with Crippen LogP contribution in [0.4, 0.5) is 5.00 Å². The third-order valence-corrected chi connectivity index (χ3v) is 8.07. The van der Waals surface area contributed by atoms with E-state index in [-0.39, 0.29) is 24.2 Å². The fraction of sp³-hybridized carbons (Fsp3) is 0.385. The standard InChI is InChI=1S/C26H30N4O4S2/c1-5-12-30-23(17-8-7-9-18(14-17)33-4)28-29-26(30)35-15-21(31)27-24-22(25(32)34-6-2)19-11-10-16(3)13-20(19)36-24/h5,7-9,14,16H,1,6,10-13,15H2,2-4H3,(H,27,31). The van der Waals surface area contributed by atoms with Gasteiger partial charge in [0.15, 0.2) is 11.0 Å². The fourth-order valence-corrected chi connectivity index (χ4v) is 6.38. The first-order chi connectivity index (χ1) is 17.4. The lowest BCUT2D eigenvalue weighted by molar-refractivity contribution is -0.113. The number of amides is 1. The zero-order valence-corrected chi connectivity index (χ0v) is 22.3. The molecule has 0 bridgehead atoms. The second kappa shape index (κ2) is 11.7. The summed E-state index contributed by atoms with van der Waals surface area (Å²) < 4.78 is 12.5. The summed E-state index contributed by atoms with van der Waals surface area (Å²) in [6.45, 7) is 8.62. The Balaban J connectivity index is 1.51. The van der Waals surface area contributed by atoms with Gasteiger partial charge in [0.25, 0.3) is 0 Å². The van der Waals surface area contributed by atoms with E-state index in [0.717, 1.165) is 41.0 Å². The van der Waals surface area contributed by atoms with Crippen LogP contribution >= 0.6 is 23.1 Å². The zero-order valence-electron chi connectivity index (χ0n) is 20.7. The molecule has 0 radical (unpaired) electrons. The number of nitrogens with one attached hydrogen (secondary N) is 1. The van der Waals surface area contributed by atoms with Crippen molar-refractivity contribution in [2.24, 2.45) is 5.92 Å². The van der Waals surface area contributed by atoms with Crippen LogP contribution in [-0.2, 0) is 28.9 Å². The van der Waals surface area contributed by atoms with E-state index in [1.165, 1.54) is 23.1 Å². The molecule has 36 heavy (non-hydrogen) atoms. The smallest absolute Gasteiger partial charge is 0.341 e. The quantitative estimate of drug-likeness (QED) is 0.219. The molecule has 1 N–H and O–H groups in total. The van der Waals surface area contributed by atoms with Crippen LogP contribution in [0.1, 0.15) is 41.1 Å². The molecule has 8 nitrogen and oxygen atoms in total. The minimum atomic E-state index is -0.374. The van der Waals surface area contributed by atoms with Crippen molar-refractivity contribution in [1.82, 2.24) is 14.8 Å². The van der Waals surface area contributed by atoms with Gasteiger partial charge in [-0.2, -0.15) is 0 Å². The van der Waals surface area contributed by atoms with Crippen molar-refractivity contribution >= 4 is 40.0 Å². The molecule has 4 rings (SSSR count). The number of rotatable bonds is 10. The monoisotopic (exact) mass is 526 g/mol. The van der Waals surface area contributed by atoms with E-state index < -0.39 is 0 Å².